The van der Waals surface area contributed by atoms with Gasteiger partial charge in [0.25, 0.3) is 0 Å². The van der Waals surface area contributed by atoms with Gasteiger partial charge in [0.15, 0.2) is 0 Å². The SMILES string of the molecule is CCN(C(=O)C1(CC)CCCN1)c1ccc(F)cc1. The Bertz CT molecular complexity index is 438. The second-order valence-corrected chi connectivity index (χ2v) is 4.99. The second-order valence-electron chi connectivity index (χ2n) is 4.99. The van der Waals surface area contributed by atoms with Crippen molar-refractivity contribution >= 4 is 11.6 Å². The molecule has 0 saturated carbocycles. The van der Waals surface area contributed by atoms with Gasteiger partial charge < -0.3 is 10.2 Å². The highest BCUT2D eigenvalue weighted by Crippen LogP contribution is 2.28. The van der Waals surface area contributed by atoms with Gasteiger partial charge in [0, 0.05) is 12.2 Å². The standard InChI is InChI=1S/C15H21FN2O/c1-3-15(10-5-11-17-15)14(19)18(4-2)13-8-6-12(16)7-9-13/h6-9,17H,3-5,10-11H2,1-2H3. The van der Waals surface area contributed by atoms with Crippen LogP contribution in [0.15, 0.2) is 24.3 Å². The molecule has 104 valence electrons. The largest absolute Gasteiger partial charge is 0.311 e. The lowest BCUT2D eigenvalue weighted by atomic mass is 9.92. The molecule has 4 heteroatoms. The minimum atomic E-state index is -0.440. The van der Waals surface area contributed by atoms with Crippen LogP contribution in [0.5, 0.6) is 0 Å². The third-order valence-corrected chi connectivity index (χ3v) is 3.96. The fourth-order valence-electron chi connectivity index (χ4n) is 2.76. The quantitative estimate of drug-likeness (QED) is 0.907. The van der Waals surface area contributed by atoms with E-state index in [-0.39, 0.29) is 11.7 Å². The van der Waals surface area contributed by atoms with E-state index in [1.807, 2.05) is 13.8 Å². The maximum atomic E-state index is 13.0. The molecule has 1 aliphatic rings. The van der Waals surface area contributed by atoms with Crippen LogP contribution in [0.4, 0.5) is 10.1 Å². The van der Waals surface area contributed by atoms with Crippen molar-refractivity contribution in [2.24, 2.45) is 0 Å². The van der Waals surface area contributed by atoms with Gasteiger partial charge in [-0.1, -0.05) is 6.92 Å². The molecule has 1 unspecified atom stereocenters. The molecule has 1 aromatic carbocycles. The van der Waals surface area contributed by atoms with Crippen molar-refractivity contribution in [3.63, 3.8) is 0 Å². The van der Waals surface area contributed by atoms with Crippen LogP contribution in [0, 0.1) is 5.82 Å². The molecule has 1 amide bonds. The Morgan fingerprint density at radius 1 is 1.37 bits per heavy atom. The minimum Gasteiger partial charge on any atom is -0.311 e. The average Bonchev–Trinajstić information content (AvgIpc) is 2.91. The first-order valence-electron chi connectivity index (χ1n) is 6.95. The fraction of sp³-hybridized carbons (Fsp3) is 0.533. The Balaban J connectivity index is 2.26. The molecule has 2 rings (SSSR count). The highest BCUT2D eigenvalue weighted by atomic mass is 19.1. The molecule has 1 N–H and O–H groups in total. The normalized spacial score (nSPS) is 22.5. The predicted octanol–water partition coefficient (Wildman–Crippen LogP) is 2.71. The van der Waals surface area contributed by atoms with Crippen LogP contribution in [-0.2, 0) is 4.79 Å². The fourth-order valence-corrected chi connectivity index (χ4v) is 2.76. The van der Waals surface area contributed by atoms with Crippen molar-refractivity contribution in [3.8, 4) is 0 Å². The summed E-state index contributed by atoms with van der Waals surface area (Å²) in [4.78, 5) is 14.5. The molecule has 0 bridgehead atoms. The van der Waals surface area contributed by atoms with Crippen molar-refractivity contribution in [1.29, 1.82) is 0 Å². The Kier molecular flexibility index (Phi) is 4.20. The first kappa shape index (κ1) is 14.0. The van der Waals surface area contributed by atoms with Crippen LogP contribution >= 0.6 is 0 Å². The van der Waals surface area contributed by atoms with Crippen LogP contribution in [0.2, 0.25) is 0 Å². The Morgan fingerprint density at radius 3 is 2.53 bits per heavy atom. The first-order chi connectivity index (χ1) is 9.13. The summed E-state index contributed by atoms with van der Waals surface area (Å²) in [7, 11) is 0. The molecule has 1 fully saturated rings. The van der Waals surface area contributed by atoms with E-state index in [1.54, 1.807) is 17.0 Å². The van der Waals surface area contributed by atoms with Gasteiger partial charge in [-0.3, -0.25) is 4.79 Å². The van der Waals surface area contributed by atoms with Crippen LogP contribution in [-0.4, -0.2) is 24.5 Å². The number of nitrogens with one attached hydrogen (secondary N) is 1. The summed E-state index contributed by atoms with van der Waals surface area (Å²) in [5.74, 6) is -0.182. The third-order valence-electron chi connectivity index (χ3n) is 3.96. The van der Waals surface area contributed by atoms with E-state index in [2.05, 4.69) is 5.32 Å². The van der Waals surface area contributed by atoms with E-state index in [9.17, 15) is 9.18 Å². The smallest absolute Gasteiger partial charge is 0.247 e. The van der Waals surface area contributed by atoms with Gasteiger partial charge in [-0.2, -0.15) is 0 Å². The lowest BCUT2D eigenvalue weighted by molar-refractivity contribution is -0.124. The summed E-state index contributed by atoms with van der Waals surface area (Å²) < 4.78 is 13.0. The summed E-state index contributed by atoms with van der Waals surface area (Å²) in [5, 5.41) is 3.35. The number of nitrogens with zero attached hydrogens (tertiary/aromatic N) is 1. The molecule has 0 spiro atoms. The van der Waals surface area contributed by atoms with Crippen LogP contribution < -0.4 is 10.2 Å². The number of benzene rings is 1. The van der Waals surface area contributed by atoms with Gasteiger partial charge in [-0.25, -0.2) is 4.39 Å². The average molecular weight is 264 g/mol. The highest BCUT2D eigenvalue weighted by Gasteiger charge is 2.41. The van der Waals surface area contributed by atoms with Crippen molar-refractivity contribution in [2.75, 3.05) is 18.0 Å². The minimum absolute atomic E-state index is 0.0987. The number of rotatable bonds is 4. The molecule has 0 radical (unpaired) electrons. The Labute approximate surface area is 113 Å². The molecule has 1 heterocycles. The van der Waals surface area contributed by atoms with E-state index in [4.69, 9.17) is 0 Å². The maximum absolute atomic E-state index is 13.0. The topological polar surface area (TPSA) is 32.3 Å². The molecular weight excluding hydrogens is 243 g/mol. The van der Waals surface area contributed by atoms with Crippen molar-refractivity contribution < 1.29 is 9.18 Å². The van der Waals surface area contributed by atoms with E-state index in [0.717, 1.165) is 31.5 Å². The lowest BCUT2D eigenvalue weighted by Crippen LogP contribution is -2.54. The van der Waals surface area contributed by atoms with Crippen LogP contribution in [0.25, 0.3) is 0 Å². The number of amides is 1. The molecule has 1 atom stereocenters. The van der Waals surface area contributed by atoms with Crippen molar-refractivity contribution in [2.45, 2.75) is 38.6 Å². The van der Waals surface area contributed by atoms with Gasteiger partial charge in [0.1, 0.15) is 5.82 Å². The van der Waals surface area contributed by atoms with Gasteiger partial charge in [-0.05, 0) is 57.0 Å². The van der Waals surface area contributed by atoms with E-state index in [1.165, 1.54) is 12.1 Å². The van der Waals surface area contributed by atoms with Gasteiger partial charge >= 0.3 is 0 Å². The number of hydrogen-bond acceptors (Lipinski definition) is 2. The zero-order chi connectivity index (χ0) is 13.9. The molecule has 1 aliphatic heterocycles. The monoisotopic (exact) mass is 264 g/mol. The number of carbonyl (C=O) groups is 1. The molecule has 1 saturated heterocycles. The summed E-state index contributed by atoms with van der Waals surface area (Å²) >= 11 is 0. The Morgan fingerprint density at radius 2 is 2.05 bits per heavy atom. The molecular formula is C15H21FN2O. The number of hydrogen-bond donors (Lipinski definition) is 1. The van der Waals surface area contributed by atoms with Crippen molar-refractivity contribution in [1.82, 2.24) is 5.32 Å². The van der Waals surface area contributed by atoms with Gasteiger partial charge in [0.05, 0.1) is 5.54 Å². The van der Waals surface area contributed by atoms with Crippen molar-refractivity contribution in [3.05, 3.63) is 30.1 Å². The Hall–Kier alpha value is -1.42. The predicted molar refractivity (Wildman–Crippen MR) is 74.7 cm³/mol. The van der Waals surface area contributed by atoms with E-state index in [0.29, 0.717) is 6.54 Å². The number of likely N-dealkylation sites (N-methyl/N-ethyl adjacent to an activating group) is 1. The second kappa shape index (κ2) is 5.70. The molecule has 19 heavy (non-hydrogen) atoms. The lowest BCUT2D eigenvalue weighted by Gasteiger charge is -2.33. The van der Waals surface area contributed by atoms with Crippen LogP contribution in [0.1, 0.15) is 33.1 Å². The van der Waals surface area contributed by atoms with Crippen LogP contribution in [0.3, 0.4) is 0 Å². The summed E-state index contributed by atoms with van der Waals surface area (Å²) in [5.41, 5.74) is 0.320. The third kappa shape index (κ3) is 2.63. The zero-order valence-corrected chi connectivity index (χ0v) is 11.6. The van der Waals surface area contributed by atoms with Gasteiger partial charge in [0.2, 0.25) is 5.91 Å². The molecule has 3 nitrogen and oxygen atoms in total. The summed E-state index contributed by atoms with van der Waals surface area (Å²) in [6.07, 6.45) is 2.68. The maximum Gasteiger partial charge on any atom is 0.247 e. The first-order valence-corrected chi connectivity index (χ1v) is 6.95. The summed E-state index contributed by atoms with van der Waals surface area (Å²) in [6, 6.07) is 6.11. The summed E-state index contributed by atoms with van der Waals surface area (Å²) in [6.45, 7) is 5.46. The highest BCUT2D eigenvalue weighted by molar-refractivity contribution is 6.00. The van der Waals surface area contributed by atoms with E-state index < -0.39 is 5.54 Å². The number of carbonyl (C=O) groups excluding carboxylic acids is 1. The molecule has 1 aromatic rings. The zero-order valence-electron chi connectivity index (χ0n) is 11.6. The van der Waals surface area contributed by atoms with E-state index >= 15 is 0 Å². The number of halogens is 1. The molecule has 0 aromatic heterocycles. The number of anilines is 1. The molecule has 0 aliphatic carbocycles. The van der Waals surface area contributed by atoms with Gasteiger partial charge in [-0.15, -0.1) is 0 Å².